The monoisotopic (exact) mass is 338 g/mol. The van der Waals surface area contributed by atoms with Crippen molar-refractivity contribution in [2.45, 2.75) is 6.42 Å². The van der Waals surface area contributed by atoms with Crippen LogP contribution in [0.3, 0.4) is 0 Å². The molecule has 2 N–H and O–H groups in total. The topological polar surface area (TPSA) is 55.5 Å². The zero-order valence-corrected chi connectivity index (χ0v) is 14.1. The molecule has 5 heteroatoms. The Labute approximate surface area is 146 Å². The van der Waals surface area contributed by atoms with Crippen LogP contribution in [0.1, 0.15) is 5.56 Å². The number of ether oxygens (including phenoxy) is 3. The summed E-state index contributed by atoms with van der Waals surface area (Å²) >= 11 is 0. The summed E-state index contributed by atoms with van der Waals surface area (Å²) in [6.07, 6.45) is 3.08. The number of fused-ring (bicyclic) bond motifs is 2. The molecule has 4 rings (SSSR count). The van der Waals surface area contributed by atoms with Gasteiger partial charge in [0.25, 0.3) is 0 Å². The second-order valence-corrected chi connectivity index (χ2v) is 5.99. The van der Waals surface area contributed by atoms with E-state index < -0.39 is 0 Å². The number of rotatable bonds is 7. The van der Waals surface area contributed by atoms with Crippen LogP contribution < -0.4 is 19.5 Å². The van der Waals surface area contributed by atoms with Crippen LogP contribution >= 0.6 is 0 Å². The first kappa shape index (κ1) is 15.8. The zero-order valence-electron chi connectivity index (χ0n) is 14.1. The molecule has 0 bridgehead atoms. The molecule has 0 spiro atoms. The van der Waals surface area contributed by atoms with E-state index >= 15 is 0 Å². The molecule has 2 aromatic carbocycles. The van der Waals surface area contributed by atoms with E-state index in [0.29, 0.717) is 25.6 Å². The summed E-state index contributed by atoms with van der Waals surface area (Å²) in [5.74, 6) is 2.22. The van der Waals surface area contributed by atoms with Gasteiger partial charge in [0.15, 0.2) is 11.5 Å². The van der Waals surface area contributed by atoms with Crippen molar-refractivity contribution in [2.75, 3.05) is 32.9 Å². The molecule has 0 fully saturated rings. The highest BCUT2D eigenvalue weighted by atomic mass is 16.6. The number of para-hydroxylation sites is 2. The van der Waals surface area contributed by atoms with Gasteiger partial charge in [-0.15, -0.1) is 0 Å². The normalized spacial score (nSPS) is 13.1. The molecule has 3 aromatic rings. The van der Waals surface area contributed by atoms with Crippen molar-refractivity contribution in [2.24, 2.45) is 0 Å². The predicted octanol–water partition coefficient (Wildman–Crippen LogP) is 3.15. The largest absolute Gasteiger partial charge is 0.488 e. The Morgan fingerprint density at radius 2 is 1.92 bits per heavy atom. The van der Waals surface area contributed by atoms with Crippen LogP contribution in [-0.4, -0.2) is 37.9 Å². The van der Waals surface area contributed by atoms with E-state index in [2.05, 4.69) is 40.8 Å². The molecule has 0 radical (unpaired) electrons. The maximum Gasteiger partial charge on any atom is 0.203 e. The molecule has 5 nitrogen and oxygen atoms in total. The first-order valence-corrected chi connectivity index (χ1v) is 8.69. The van der Waals surface area contributed by atoms with E-state index in [4.69, 9.17) is 14.2 Å². The van der Waals surface area contributed by atoms with Gasteiger partial charge in [0.2, 0.25) is 5.75 Å². The summed E-state index contributed by atoms with van der Waals surface area (Å²) in [7, 11) is 0. The predicted molar refractivity (Wildman–Crippen MR) is 97.8 cm³/mol. The summed E-state index contributed by atoms with van der Waals surface area (Å²) in [6.45, 7) is 3.44. The van der Waals surface area contributed by atoms with Crippen LogP contribution in [0, 0.1) is 0 Å². The SMILES string of the molecule is c1cc(OCCNCCc2c[nH]c3ccccc23)c2c(c1)OCCO2. The fourth-order valence-corrected chi connectivity index (χ4v) is 3.08. The number of nitrogens with one attached hydrogen (secondary N) is 2. The molecule has 1 aromatic heterocycles. The van der Waals surface area contributed by atoms with Crippen LogP contribution in [0.5, 0.6) is 17.2 Å². The maximum absolute atomic E-state index is 5.84. The summed E-state index contributed by atoms with van der Waals surface area (Å²) in [4.78, 5) is 3.31. The average Bonchev–Trinajstić information content (AvgIpc) is 3.08. The zero-order chi connectivity index (χ0) is 16.9. The molecule has 0 amide bonds. The van der Waals surface area contributed by atoms with Crippen LogP contribution in [0.4, 0.5) is 0 Å². The highest BCUT2D eigenvalue weighted by Crippen LogP contribution is 2.38. The van der Waals surface area contributed by atoms with Gasteiger partial charge in [0.05, 0.1) is 0 Å². The molecule has 0 atom stereocenters. The second-order valence-electron chi connectivity index (χ2n) is 5.99. The first-order chi connectivity index (χ1) is 12.4. The fourth-order valence-electron chi connectivity index (χ4n) is 3.08. The fraction of sp³-hybridized carbons (Fsp3) is 0.300. The number of aromatic nitrogens is 1. The first-order valence-electron chi connectivity index (χ1n) is 8.69. The number of benzene rings is 2. The maximum atomic E-state index is 5.84. The van der Waals surface area contributed by atoms with Gasteiger partial charge >= 0.3 is 0 Å². The Kier molecular flexibility index (Phi) is 4.74. The molecular weight excluding hydrogens is 316 g/mol. The Hall–Kier alpha value is -2.66. The molecule has 0 saturated carbocycles. The Bertz CT molecular complexity index is 844. The van der Waals surface area contributed by atoms with Crippen molar-refractivity contribution in [3.8, 4) is 17.2 Å². The third kappa shape index (κ3) is 3.56. The van der Waals surface area contributed by atoms with Gasteiger partial charge in [-0.05, 0) is 36.7 Å². The van der Waals surface area contributed by atoms with E-state index in [1.165, 1.54) is 16.5 Å². The minimum atomic E-state index is 0.566. The highest BCUT2D eigenvalue weighted by Gasteiger charge is 2.16. The van der Waals surface area contributed by atoms with Crippen molar-refractivity contribution < 1.29 is 14.2 Å². The van der Waals surface area contributed by atoms with Gasteiger partial charge < -0.3 is 24.5 Å². The van der Waals surface area contributed by atoms with E-state index in [9.17, 15) is 0 Å². The van der Waals surface area contributed by atoms with E-state index in [1.807, 2.05) is 18.2 Å². The van der Waals surface area contributed by atoms with E-state index in [1.54, 1.807) is 0 Å². The van der Waals surface area contributed by atoms with Crippen molar-refractivity contribution in [1.82, 2.24) is 10.3 Å². The van der Waals surface area contributed by atoms with Crippen molar-refractivity contribution in [3.63, 3.8) is 0 Å². The van der Waals surface area contributed by atoms with Crippen LogP contribution in [-0.2, 0) is 6.42 Å². The van der Waals surface area contributed by atoms with E-state index in [0.717, 1.165) is 31.0 Å². The average molecular weight is 338 g/mol. The molecular formula is C20H22N2O3. The minimum Gasteiger partial charge on any atom is -0.488 e. The molecule has 0 aliphatic carbocycles. The summed E-state index contributed by atoms with van der Waals surface area (Å²) in [6, 6.07) is 14.1. The Morgan fingerprint density at radius 1 is 1.00 bits per heavy atom. The number of hydrogen-bond acceptors (Lipinski definition) is 4. The summed E-state index contributed by atoms with van der Waals surface area (Å²) in [5.41, 5.74) is 2.53. The Morgan fingerprint density at radius 3 is 2.92 bits per heavy atom. The smallest absolute Gasteiger partial charge is 0.203 e. The quantitative estimate of drug-likeness (QED) is 0.650. The van der Waals surface area contributed by atoms with E-state index in [-0.39, 0.29) is 0 Å². The van der Waals surface area contributed by atoms with Gasteiger partial charge in [-0.3, -0.25) is 0 Å². The summed E-state index contributed by atoms with van der Waals surface area (Å²) in [5, 5.41) is 4.73. The molecule has 0 saturated heterocycles. The minimum absolute atomic E-state index is 0.566. The van der Waals surface area contributed by atoms with Crippen LogP contribution in [0.25, 0.3) is 10.9 Å². The van der Waals surface area contributed by atoms with Crippen LogP contribution in [0.15, 0.2) is 48.7 Å². The lowest BCUT2D eigenvalue weighted by atomic mass is 10.1. The lowest BCUT2D eigenvalue weighted by molar-refractivity contribution is 0.162. The standard InChI is InChI=1S/C20H22N2O3/c1-2-5-17-16(4-1)15(14-22-17)8-9-21-10-11-23-18-6-3-7-19-20(18)25-13-12-24-19/h1-7,14,21-22H,8-13H2. The molecule has 1 aliphatic heterocycles. The number of H-pyrrole nitrogens is 1. The lowest BCUT2D eigenvalue weighted by Crippen LogP contribution is -2.23. The summed E-state index contributed by atoms with van der Waals surface area (Å²) < 4.78 is 17.0. The lowest BCUT2D eigenvalue weighted by Gasteiger charge is -2.20. The van der Waals surface area contributed by atoms with Crippen molar-refractivity contribution in [1.29, 1.82) is 0 Å². The number of aromatic amines is 1. The molecule has 1 aliphatic rings. The molecule has 2 heterocycles. The second kappa shape index (κ2) is 7.49. The van der Waals surface area contributed by atoms with Gasteiger partial charge in [-0.1, -0.05) is 24.3 Å². The van der Waals surface area contributed by atoms with Gasteiger partial charge in [-0.25, -0.2) is 0 Å². The Balaban J connectivity index is 1.23. The molecule has 25 heavy (non-hydrogen) atoms. The third-order valence-electron chi connectivity index (χ3n) is 4.31. The third-order valence-corrected chi connectivity index (χ3v) is 4.31. The number of hydrogen-bond donors (Lipinski definition) is 2. The van der Waals surface area contributed by atoms with Gasteiger partial charge in [0.1, 0.15) is 19.8 Å². The van der Waals surface area contributed by atoms with Gasteiger partial charge in [-0.2, -0.15) is 0 Å². The highest BCUT2D eigenvalue weighted by molar-refractivity contribution is 5.83. The molecule has 0 unspecified atom stereocenters. The molecule has 130 valence electrons. The van der Waals surface area contributed by atoms with Crippen molar-refractivity contribution in [3.05, 3.63) is 54.2 Å². The van der Waals surface area contributed by atoms with Gasteiger partial charge in [0, 0.05) is 23.6 Å². The van der Waals surface area contributed by atoms with Crippen LogP contribution in [0.2, 0.25) is 0 Å². The van der Waals surface area contributed by atoms with Crippen molar-refractivity contribution >= 4 is 10.9 Å².